The van der Waals surface area contributed by atoms with Crippen LogP contribution in [0.2, 0.25) is 0 Å². The van der Waals surface area contributed by atoms with E-state index in [1.807, 2.05) is 6.07 Å². The van der Waals surface area contributed by atoms with Crippen LogP contribution in [0, 0.1) is 0 Å². The highest BCUT2D eigenvalue weighted by molar-refractivity contribution is 5.20. The molecule has 0 aliphatic carbocycles. The molecule has 0 aliphatic heterocycles. The average molecular weight is 206 g/mol. The lowest BCUT2D eigenvalue weighted by Crippen LogP contribution is -2.14. The van der Waals surface area contributed by atoms with Gasteiger partial charge in [-0.15, -0.1) is 5.10 Å². The fraction of sp³-hybridized carbons (Fsp3) is 0.250. The van der Waals surface area contributed by atoms with Crippen molar-refractivity contribution in [2.45, 2.75) is 6.10 Å². The summed E-state index contributed by atoms with van der Waals surface area (Å²) >= 11 is 0. The highest BCUT2D eigenvalue weighted by Gasteiger charge is 2.08. The van der Waals surface area contributed by atoms with Crippen molar-refractivity contribution in [2.75, 3.05) is 11.9 Å². The summed E-state index contributed by atoms with van der Waals surface area (Å²) in [5, 5.41) is 25.6. The van der Waals surface area contributed by atoms with Crippen LogP contribution in [0.4, 0.5) is 5.95 Å². The number of rotatable bonds is 4. The van der Waals surface area contributed by atoms with Crippen molar-refractivity contribution in [2.24, 2.45) is 0 Å². The second-order valence-corrected chi connectivity index (χ2v) is 2.89. The Labute approximate surface area is 85.6 Å². The van der Waals surface area contributed by atoms with Gasteiger partial charge in [-0.05, 0) is 17.3 Å². The molecule has 1 unspecified atom stereocenters. The Hall–Kier alpha value is -2.02. The molecule has 2 aromatic heterocycles. The summed E-state index contributed by atoms with van der Waals surface area (Å²) in [7, 11) is 0. The zero-order valence-electron chi connectivity index (χ0n) is 7.83. The molecule has 15 heavy (non-hydrogen) atoms. The van der Waals surface area contributed by atoms with Crippen molar-refractivity contribution in [3.05, 3.63) is 30.1 Å². The van der Waals surface area contributed by atoms with Crippen LogP contribution in [0.25, 0.3) is 0 Å². The monoisotopic (exact) mass is 206 g/mol. The summed E-state index contributed by atoms with van der Waals surface area (Å²) < 4.78 is 0. The number of tetrazole rings is 1. The van der Waals surface area contributed by atoms with Gasteiger partial charge < -0.3 is 10.4 Å². The molecule has 0 bridgehead atoms. The third-order valence-electron chi connectivity index (χ3n) is 1.83. The lowest BCUT2D eigenvalue weighted by Gasteiger charge is -2.09. The summed E-state index contributed by atoms with van der Waals surface area (Å²) in [6.07, 6.45) is 0.942. The van der Waals surface area contributed by atoms with E-state index in [1.54, 1.807) is 18.3 Å². The van der Waals surface area contributed by atoms with Crippen LogP contribution in [0.5, 0.6) is 0 Å². The Morgan fingerprint density at radius 2 is 2.40 bits per heavy atom. The highest BCUT2D eigenvalue weighted by atomic mass is 16.3. The molecule has 0 spiro atoms. The zero-order valence-corrected chi connectivity index (χ0v) is 7.83. The fourth-order valence-electron chi connectivity index (χ4n) is 1.10. The van der Waals surface area contributed by atoms with Crippen LogP contribution in [0.1, 0.15) is 11.8 Å². The van der Waals surface area contributed by atoms with Crippen molar-refractivity contribution >= 4 is 5.95 Å². The number of nitrogens with zero attached hydrogens (tertiary/aromatic N) is 4. The molecular weight excluding hydrogens is 196 g/mol. The molecule has 2 rings (SSSR count). The molecule has 0 aromatic carbocycles. The van der Waals surface area contributed by atoms with Gasteiger partial charge >= 0.3 is 0 Å². The smallest absolute Gasteiger partial charge is 0.263 e. The maximum absolute atomic E-state index is 9.71. The second kappa shape index (κ2) is 4.47. The molecule has 7 nitrogen and oxygen atoms in total. The third kappa shape index (κ3) is 2.47. The quantitative estimate of drug-likeness (QED) is 0.637. The number of aromatic amines is 1. The minimum Gasteiger partial charge on any atom is -0.385 e. The molecule has 0 saturated heterocycles. The number of nitrogens with one attached hydrogen (secondary N) is 2. The topological polar surface area (TPSA) is 99.6 Å². The van der Waals surface area contributed by atoms with Gasteiger partial charge in [0.05, 0.1) is 5.69 Å². The molecular formula is C8H10N6O. The molecule has 3 N–H and O–H groups in total. The van der Waals surface area contributed by atoms with Gasteiger partial charge in [0.1, 0.15) is 6.10 Å². The molecule has 2 heterocycles. The average Bonchev–Trinajstić information content (AvgIpc) is 2.80. The first kappa shape index (κ1) is 9.53. The van der Waals surface area contributed by atoms with Crippen LogP contribution in [0.15, 0.2) is 24.4 Å². The van der Waals surface area contributed by atoms with E-state index in [-0.39, 0.29) is 6.54 Å². The number of aliphatic hydroxyl groups excluding tert-OH is 1. The predicted molar refractivity (Wildman–Crippen MR) is 51.9 cm³/mol. The summed E-state index contributed by atoms with van der Waals surface area (Å²) in [4.78, 5) is 4.02. The van der Waals surface area contributed by atoms with E-state index in [1.165, 1.54) is 0 Å². The molecule has 2 aromatic rings. The predicted octanol–water partition coefficient (Wildman–Crippen LogP) is -0.260. The van der Waals surface area contributed by atoms with Crippen LogP contribution in [0.3, 0.4) is 0 Å². The first-order chi connectivity index (χ1) is 7.36. The minimum atomic E-state index is -0.690. The Balaban J connectivity index is 1.90. The van der Waals surface area contributed by atoms with Crippen molar-refractivity contribution < 1.29 is 5.11 Å². The van der Waals surface area contributed by atoms with E-state index in [0.717, 1.165) is 0 Å². The van der Waals surface area contributed by atoms with Crippen LogP contribution >= 0.6 is 0 Å². The van der Waals surface area contributed by atoms with E-state index < -0.39 is 6.10 Å². The van der Waals surface area contributed by atoms with Crippen molar-refractivity contribution in [1.82, 2.24) is 25.6 Å². The Bertz CT molecular complexity index is 389. The van der Waals surface area contributed by atoms with Gasteiger partial charge in [-0.2, -0.15) is 5.21 Å². The highest BCUT2D eigenvalue weighted by Crippen LogP contribution is 2.08. The first-order valence-electron chi connectivity index (χ1n) is 4.42. The summed E-state index contributed by atoms with van der Waals surface area (Å²) in [6.45, 7) is 0.288. The Morgan fingerprint density at radius 1 is 1.47 bits per heavy atom. The van der Waals surface area contributed by atoms with E-state index >= 15 is 0 Å². The van der Waals surface area contributed by atoms with Crippen LogP contribution in [-0.4, -0.2) is 37.3 Å². The van der Waals surface area contributed by atoms with Gasteiger partial charge in [-0.25, -0.2) is 0 Å². The summed E-state index contributed by atoms with van der Waals surface area (Å²) in [5.41, 5.74) is 0.605. The maximum Gasteiger partial charge on any atom is 0.263 e. The molecule has 0 fully saturated rings. The molecule has 1 atom stereocenters. The summed E-state index contributed by atoms with van der Waals surface area (Å²) in [6, 6.07) is 5.37. The number of aromatic nitrogens is 5. The molecule has 0 aliphatic rings. The van der Waals surface area contributed by atoms with Crippen LogP contribution in [-0.2, 0) is 0 Å². The Kier molecular flexibility index (Phi) is 2.84. The molecule has 0 radical (unpaired) electrons. The van der Waals surface area contributed by atoms with Crippen molar-refractivity contribution in [3.8, 4) is 0 Å². The van der Waals surface area contributed by atoms with Gasteiger partial charge in [0.15, 0.2) is 0 Å². The SMILES string of the molecule is OC(CNc1nn[nH]n1)c1ccccn1. The number of aliphatic hydroxyl groups is 1. The zero-order chi connectivity index (χ0) is 10.5. The van der Waals surface area contributed by atoms with E-state index in [0.29, 0.717) is 11.6 Å². The largest absolute Gasteiger partial charge is 0.385 e. The molecule has 78 valence electrons. The van der Waals surface area contributed by atoms with Gasteiger partial charge in [0.25, 0.3) is 5.95 Å². The number of H-pyrrole nitrogens is 1. The minimum absolute atomic E-state index is 0.288. The molecule has 0 saturated carbocycles. The van der Waals surface area contributed by atoms with Crippen molar-refractivity contribution in [1.29, 1.82) is 0 Å². The first-order valence-corrected chi connectivity index (χ1v) is 4.42. The second-order valence-electron chi connectivity index (χ2n) is 2.89. The third-order valence-corrected chi connectivity index (χ3v) is 1.83. The number of hydrogen-bond donors (Lipinski definition) is 3. The van der Waals surface area contributed by atoms with E-state index in [9.17, 15) is 5.11 Å². The standard InChI is InChI=1S/C8H10N6O/c15-7(6-3-1-2-4-9-6)5-10-8-11-13-14-12-8/h1-4,7,15H,5H2,(H2,10,11,12,13,14). The normalized spacial score (nSPS) is 12.3. The Morgan fingerprint density at radius 3 is 3.07 bits per heavy atom. The van der Waals surface area contributed by atoms with E-state index in [4.69, 9.17) is 0 Å². The van der Waals surface area contributed by atoms with Gasteiger partial charge in [-0.3, -0.25) is 4.98 Å². The fourth-order valence-corrected chi connectivity index (χ4v) is 1.10. The number of pyridine rings is 1. The lowest BCUT2D eigenvalue weighted by atomic mass is 10.2. The van der Waals surface area contributed by atoms with Crippen molar-refractivity contribution in [3.63, 3.8) is 0 Å². The van der Waals surface area contributed by atoms with Gasteiger partial charge in [0, 0.05) is 12.7 Å². The molecule has 7 heteroatoms. The maximum atomic E-state index is 9.71. The van der Waals surface area contributed by atoms with E-state index in [2.05, 4.69) is 30.9 Å². The molecule has 0 amide bonds. The van der Waals surface area contributed by atoms with Gasteiger partial charge in [-0.1, -0.05) is 11.2 Å². The number of anilines is 1. The van der Waals surface area contributed by atoms with Gasteiger partial charge in [0.2, 0.25) is 0 Å². The number of hydrogen-bond acceptors (Lipinski definition) is 6. The lowest BCUT2D eigenvalue weighted by molar-refractivity contribution is 0.186. The van der Waals surface area contributed by atoms with Crippen LogP contribution < -0.4 is 5.32 Å². The summed E-state index contributed by atoms with van der Waals surface area (Å²) in [5.74, 6) is 0.352.